The first-order valence-corrected chi connectivity index (χ1v) is 5.82. The summed E-state index contributed by atoms with van der Waals surface area (Å²) in [7, 11) is 0. The van der Waals surface area contributed by atoms with Crippen LogP contribution in [0.25, 0.3) is 11.1 Å². The summed E-state index contributed by atoms with van der Waals surface area (Å²) < 4.78 is 0. The van der Waals surface area contributed by atoms with Gasteiger partial charge in [-0.25, -0.2) is 0 Å². The van der Waals surface area contributed by atoms with E-state index < -0.39 is 0 Å². The predicted octanol–water partition coefficient (Wildman–Crippen LogP) is 2.05. The Kier molecular flexibility index (Phi) is 6.29. The number of aliphatic hydroxyl groups excluding tert-OH is 1. The van der Waals surface area contributed by atoms with Crippen LogP contribution < -0.4 is 5.73 Å². The molecule has 0 heterocycles. The van der Waals surface area contributed by atoms with E-state index in [1.807, 2.05) is 42.5 Å². The molecular weight excluding hydrogens is 242 g/mol. The van der Waals surface area contributed by atoms with Gasteiger partial charge in [0.05, 0.1) is 12.6 Å². The van der Waals surface area contributed by atoms with Gasteiger partial charge in [0.1, 0.15) is 0 Å². The van der Waals surface area contributed by atoms with Crippen LogP contribution in [0.1, 0.15) is 11.6 Å². The van der Waals surface area contributed by atoms with Gasteiger partial charge in [-0.1, -0.05) is 54.6 Å². The smallest absolute Gasteiger partial charge is 0.290 e. The number of rotatable bonds is 3. The second kappa shape index (κ2) is 8.02. The fourth-order valence-electron chi connectivity index (χ4n) is 1.66. The number of aliphatic hydroxyl groups is 1. The first-order chi connectivity index (χ1) is 9.22. The third-order valence-corrected chi connectivity index (χ3v) is 2.64. The van der Waals surface area contributed by atoms with E-state index in [0.29, 0.717) is 0 Å². The highest BCUT2D eigenvalue weighted by Crippen LogP contribution is 2.20. The zero-order valence-corrected chi connectivity index (χ0v) is 10.4. The van der Waals surface area contributed by atoms with Gasteiger partial charge in [0.2, 0.25) is 0 Å². The van der Waals surface area contributed by atoms with E-state index in [0.717, 1.165) is 11.1 Å². The molecule has 0 amide bonds. The molecule has 2 aromatic rings. The monoisotopic (exact) mass is 259 g/mol. The van der Waals surface area contributed by atoms with Gasteiger partial charge in [-0.3, -0.25) is 4.79 Å². The molecule has 2 aromatic carbocycles. The van der Waals surface area contributed by atoms with E-state index in [9.17, 15) is 0 Å². The van der Waals surface area contributed by atoms with E-state index in [1.165, 1.54) is 5.56 Å². The molecule has 0 bridgehead atoms. The number of nitrogens with two attached hydrogens (primary N) is 1. The number of carboxylic acid groups (broad SMARTS) is 1. The number of carbonyl (C=O) groups is 1. The third kappa shape index (κ3) is 4.54. The molecule has 100 valence electrons. The van der Waals surface area contributed by atoms with E-state index in [2.05, 4.69) is 12.1 Å². The minimum atomic E-state index is -0.287. The molecule has 4 nitrogen and oxygen atoms in total. The molecule has 0 saturated heterocycles. The SMILES string of the molecule is NC(CO)c1ccc(-c2ccccc2)cc1.O=CO. The molecule has 1 atom stereocenters. The van der Waals surface area contributed by atoms with Gasteiger partial charge < -0.3 is 15.9 Å². The van der Waals surface area contributed by atoms with E-state index in [-0.39, 0.29) is 19.1 Å². The fourth-order valence-corrected chi connectivity index (χ4v) is 1.66. The Hall–Kier alpha value is -2.17. The van der Waals surface area contributed by atoms with Gasteiger partial charge >= 0.3 is 0 Å². The molecule has 0 spiro atoms. The van der Waals surface area contributed by atoms with Crippen LogP contribution in [0.3, 0.4) is 0 Å². The molecule has 0 radical (unpaired) electrons. The first-order valence-electron chi connectivity index (χ1n) is 5.82. The van der Waals surface area contributed by atoms with Crippen molar-refractivity contribution in [2.45, 2.75) is 6.04 Å². The highest BCUT2D eigenvalue weighted by molar-refractivity contribution is 5.63. The lowest BCUT2D eigenvalue weighted by atomic mass is 10.0. The standard InChI is InChI=1S/C14H15NO.CH2O2/c15-14(10-16)13-8-6-12(7-9-13)11-4-2-1-3-5-11;2-1-3/h1-9,14,16H,10,15H2;1H,(H,2,3). The van der Waals surface area contributed by atoms with Crippen LogP contribution in [-0.4, -0.2) is 23.3 Å². The highest BCUT2D eigenvalue weighted by Gasteiger charge is 2.03. The summed E-state index contributed by atoms with van der Waals surface area (Å²) in [6, 6.07) is 17.9. The van der Waals surface area contributed by atoms with Gasteiger partial charge in [0.15, 0.2) is 0 Å². The molecule has 0 aliphatic heterocycles. The molecule has 19 heavy (non-hydrogen) atoms. The number of benzene rings is 2. The maximum absolute atomic E-state index is 8.95. The zero-order valence-electron chi connectivity index (χ0n) is 10.4. The van der Waals surface area contributed by atoms with Gasteiger partial charge in [-0.2, -0.15) is 0 Å². The van der Waals surface area contributed by atoms with Crippen LogP contribution >= 0.6 is 0 Å². The Morgan fingerprint density at radius 2 is 1.47 bits per heavy atom. The van der Waals surface area contributed by atoms with Crippen molar-refractivity contribution in [1.82, 2.24) is 0 Å². The summed E-state index contributed by atoms with van der Waals surface area (Å²) in [5, 5.41) is 15.8. The van der Waals surface area contributed by atoms with E-state index in [1.54, 1.807) is 0 Å². The molecule has 4 heteroatoms. The maximum Gasteiger partial charge on any atom is 0.290 e. The fraction of sp³-hybridized carbons (Fsp3) is 0.133. The van der Waals surface area contributed by atoms with Crippen LogP contribution in [-0.2, 0) is 4.79 Å². The summed E-state index contributed by atoms with van der Waals surface area (Å²) in [5.41, 5.74) is 9.04. The lowest BCUT2D eigenvalue weighted by Gasteiger charge is -2.09. The van der Waals surface area contributed by atoms with Crippen molar-refractivity contribution in [3.8, 4) is 11.1 Å². The molecule has 0 aromatic heterocycles. The Morgan fingerprint density at radius 1 is 1.00 bits per heavy atom. The minimum absolute atomic E-state index is 0.0231. The Labute approximate surface area is 112 Å². The van der Waals surface area contributed by atoms with Gasteiger partial charge in [0, 0.05) is 0 Å². The van der Waals surface area contributed by atoms with Crippen molar-refractivity contribution in [2.75, 3.05) is 6.61 Å². The van der Waals surface area contributed by atoms with Crippen LogP contribution in [0.4, 0.5) is 0 Å². The van der Waals surface area contributed by atoms with Crippen molar-refractivity contribution < 1.29 is 15.0 Å². The summed E-state index contributed by atoms with van der Waals surface area (Å²) in [6.07, 6.45) is 0. The van der Waals surface area contributed by atoms with Crippen molar-refractivity contribution in [3.63, 3.8) is 0 Å². The normalized spacial score (nSPS) is 11.1. The summed E-state index contributed by atoms with van der Waals surface area (Å²) in [6.45, 7) is -0.273. The molecule has 0 saturated carbocycles. The molecule has 2 rings (SSSR count). The van der Waals surface area contributed by atoms with E-state index >= 15 is 0 Å². The molecule has 1 unspecified atom stereocenters. The van der Waals surface area contributed by atoms with Crippen molar-refractivity contribution in [3.05, 3.63) is 60.2 Å². The topological polar surface area (TPSA) is 83.5 Å². The third-order valence-electron chi connectivity index (χ3n) is 2.64. The molecule has 0 fully saturated rings. The highest BCUT2D eigenvalue weighted by atomic mass is 16.3. The average molecular weight is 259 g/mol. The van der Waals surface area contributed by atoms with Crippen LogP contribution in [0, 0.1) is 0 Å². The molecular formula is C15H17NO3. The van der Waals surface area contributed by atoms with Crippen LogP contribution in [0.15, 0.2) is 54.6 Å². The Bertz CT molecular complexity index is 483. The van der Waals surface area contributed by atoms with Crippen LogP contribution in [0.2, 0.25) is 0 Å². The van der Waals surface area contributed by atoms with Crippen molar-refractivity contribution >= 4 is 6.47 Å². The average Bonchev–Trinajstić information content (AvgIpc) is 2.48. The van der Waals surface area contributed by atoms with Crippen molar-refractivity contribution in [2.24, 2.45) is 5.73 Å². The lowest BCUT2D eigenvalue weighted by Crippen LogP contribution is -2.14. The second-order valence-electron chi connectivity index (χ2n) is 3.88. The van der Waals surface area contributed by atoms with Gasteiger partial charge in [-0.15, -0.1) is 0 Å². The van der Waals surface area contributed by atoms with Crippen molar-refractivity contribution in [1.29, 1.82) is 0 Å². The largest absolute Gasteiger partial charge is 0.483 e. The quantitative estimate of drug-likeness (QED) is 0.737. The number of hydrogen-bond acceptors (Lipinski definition) is 3. The minimum Gasteiger partial charge on any atom is -0.483 e. The Balaban J connectivity index is 0.000000550. The predicted molar refractivity (Wildman–Crippen MR) is 74.6 cm³/mol. The first kappa shape index (κ1) is 14.9. The summed E-state index contributed by atoms with van der Waals surface area (Å²) in [5.74, 6) is 0. The van der Waals surface area contributed by atoms with E-state index in [4.69, 9.17) is 20.7 Å². The van der Waals surface area contributed by atoms with Gasteiger partial charge in [-0.05, 0) is 16.7 Å². The van der Waals surface area contributed by atoms with Gasteiger partial charge in [0.25, 0.3) is 6.47 Å². The molecule has 0 aliphatic rings. The lowest BCUT2D eigenvalue weighted by molar-refractivity contribution is -0.122. The Morgan fingerprint density at radius 3 is 1.95 bits per heavy atom. The summed E-state index contributed by atoms with van der Waals surface area (Å²) >= 11 is 0. The van der Waals surface area contributed by atoms with Crippen LogP contribution in [0.5, 0.6) is 0 Å². The molecule has 0 aliphatic carbocycles. The zero-order chi connectivity index (χ0) is 14.1. The maximum atomic E-state index is 8.95. The summed E-state index contributed by atoms with van der Waals surface area (Å²) in [4.78, 5) is 8.36. The molecule has 4 N–H and O–H groups in total. The number of hydrogen-bond donors (Lipinski definition) is 3. The second-order valence-corrected chi connectivity index (χ2v) is 3.88.